The van der Waals surface area contributed by atoms with E-state index in [4.69, 9.17) is 4.42 Å². The Balaban J connectivity index is 1.50. The predicted octanol–water partition coefficient (Wildman–Crippen LogP) is 9.42. The SMILES string of the molecule is Oc1ccc(-c2c(O)c(O)c(-c3c4ccccc4c(-c4cccc5oc6ccccc6c45)c4ccccc34)c(O)c2O)cc1. The molecule has 8 aromatic rings. The normalized spacial score (nSPS) is 11.6. The molecule has 0 aliphatic carbocycles. The first-order valence-electron chi connectivity index (χ1n) is 14.1. The van der Waals surface area contributed by atoms with Crippen LogP contribution in [0.4, 0.5) is 0 Å². The fourth-order valence-corrected chi connectivity index (χ4v) is 6.51. The van der Waals surface area contributed by atoms with E-state index < -0.39 is 23.0 Å². The summed E-state index contributed by atoms with van der Waals surface area (Å²) in [6.45, 7) is 0. The van der Waals surface area contributed by atoms with Crippen LogP contribution in [0.25, 0.3) is 76.9 Å². The highest BCUT2D eigenvalue weighted by molar-refractivity contribution is 6.26. The van der Waals surface area contributed by atoms with Gasteiger partial charge in [-0.25, -0.2) is 0 Å². The van der Waals surface area contributed by atoms with Crippen molar-refractivity contribution in [3.63, 3.8) is 0 Å². The molecule has 0 atom stereocenters. The summed E-state index contributed by atoms with van der Waals surface area (Å²) in [5, 5.41) is 60.3. The average Bonchev–Trinajstić information content (AvgIpc) is 3.44. The van der Waals surface area contributed by atoms with Crippen molar-refractivity contribution in [1.82, 2.24) is 0 Å². The van der Waals surface area contributed by atoms with Crippen LogP contribution in [0.2, 0.25) is 0 Å². The molecular formula is C38H24O6. The van der Waals surface area contributed by atoms with Crippen molar-refractivity contribution in [2.45, 2.75) is 0 Å². The lowest BCUT2D eigenvalue weighted by Crippen LogP contribution is -1.93. The number of hydrogen-bond donors (Lipinski definition) is 5. The van der Waals surface area contributed by atoms with Gasteiger partial charge in [0.2, 0.25) is 0 Å². The maximum Gasteiger partial charge on any atom is 0.170 e. The number of benzene rings is 7. The van der Waals surface area contributed by atoms with Crippen LogP contribution in [0.15, 0.2) is 120 Å². The molecular weight excluding hydrogens is 552 g/mol. The quantitative estimate of drug-likeness (QED) is 0.0813. The van der Waals surface area contributed by atoms with Crippen molar-refractivity contribution in [3.8, 4) is 62.1 Å². The van der Waals surface area contributed by atoms with E-state index in [-0.39, 0.29) is 16.9 Å². The van der Waals surface area contributed by atoms with Crippen molar-refractivity contribution in [3.05, 3.63) is 115 Å². The van der Waals surface area contributed by atoms with Crippen molar-refractivity contribution in [2.75, 3.05) is 0 Å². The smallest absolute Gasteiger partial charge is 0.170 e. The first kappa shape index (κ1) is 25.6. The molecule has 0 fully saturated rings. The highest BCUT2D eigenvalue weighted by atomic mass is 16.3. The highest BCUT2D eigenvalue weighted by Gasteiger charge is 2.29. The van der Waals surface area contributed by atoms with Crippen molar-refractivity contribution >= 4 is 43.5 Å². The van der Waals surface area contributed by atoms with Crippen LogP contribution in [0.1, 0.15) is 0 Å². The highest BCUT2D eigenvalue weighted by Crippen LogP contribution is 2.58. The maximum absolute atomic E-state index is 11.5. The second-order valence-electron chi connectivity index (χ2n) is 10.8. The zero-order chi connectivity index (χ0) is 30.1. The Kier molecular flexibility index (Phi) is 5.48. The predicted molar refractivity (Wildman–Crippen MR) is 173 cm³/mol. The van der Waals surface area contributed by atoms with Crippen LogP contribution in [0, 0.1) is 0 Å². The molecule has 0 saturated carbocycles. The largest absolute Gasteiger partial charge is 0.508 e. The van der Waals surface area contributed by atoms with E-state index in [0.717, 1.165) is 43.8 Å². The Morgan fingerprint density at radius 1 is 0.364 bits per heavy atom. The Bertz CT molecular complexity index is 2350. The average molecular weight is 577 g/mol. The lowest BCUT2D eigenvalue weighted by molar-refractivity contribution is 0.378. The van der Waals surface area contributed by atoms with Gasteiger partial charge in [-0.1, -0.05) is 91.0 Å². The first-order chi connectivity index (χ1) is 21.4. The molecule has 0 saturated heterocycles. The molecule has 0 amide bonds. The van der Waals surface area contributed by atoms with Crippen LogP contribution in [-0.2, 0) is 0 Å². The minimum Gasteiger partial charge on any atom is -0.508 e. The van der Waals surface area contributed by atoms with Gasteiger partial charge >= 0.3 is 0 Å². The molecule has 0 unspecified atom stereocenters. The van der Waals surface area contributed by atoms with Gasteiger partial charge in [-0.3, -0.25) is 0 Å². The first-order valence-corrected chi connectivity index (χ1v) is 14.1. The standard InChI is InChI=1S/C38H24O6/c39-21-18-16-20(17-19-21)30-35(40)37(42)34(38(43)36(30)41)33-24-10-3-1-8-22(24)31(23-9-2-4-11-25(23)33)27-13-7-15-29-32(27)26-12-5-6-14-28(26)44-29/h1-19,39-43H. The Hall–Kier alpha value is -6.14. The minimum atomic E-state index is -0.590. The summed E-state index contributed by atoms with van der Waals surface area (Å²) in [6.07, 6.45) is 0. The molecule has 0 aliphatic heterocycles. The van der Waals surface area contributed by atoms with E-state index in [1.807, 2.05) is 84.9 Å². The lowest BCUT2D eigenvalue weighted by atomic mass is 9.84. The maximum atomic E-state index is 11.5. The minimum absolute atomic E-state index is 0.00469. The monoisotopic (exact) mass is 576 g/mol. The molecule has 44 heavy (non-hydrogen) atoms. The van der Waals surface area contributed by atoms with Crippen molar-refractivity contribution in [1.29, 1.82) is 0 Å². The molecule has 1 heterocycles. The van der Waals surface area contributed by atoms with Gasteiger partial charge in [0.05, 0.1) is 11.1 Å². The number of para-hydroxylation sites is 1. The number of phenolic OH excluding ortho intramolecular Hbond substituents is 5. The number of furan rings is 1. The molecule has 1 aromatic heterocycles. The molecule has 0 bridgehead atoms. The summed E-state index contributed by atoms with van der Waals surface area (Å²) in [4.78, 5) is 0. The zero-order valence-corrected chi connectivity index (χ0v) is 23.1. The van der Waals surface area contributed by atoms with Crippen LogP contribution in [-0.4, -0.2) is 25.5 Å². The third-order valence-corrected chi connectivity index (χ3v) is 8.41. The van der Waals surface area contributed by atoms with Gasteiger partial charge < -0.3 is 29.9 Å². The molecule has 8 rings (SSSR count). The molecule has 212 valence electrons. The summed E-state index contributed by atoms with van der Waals surface area (Å²) in [5.41, 5.74) is 3.99. The molecule has 0 spiro atoms. The summed E-state index contributed by atoms with van der Waals surface area (Å²) in [6, 6.07) is 35.0. The zero-order valence-electron chi connectivity index (χ0n) is 23.1. The van der Waals surface area contributed by atoms with E-state index in [0.29, 0.717) is 21.9 Å². The summed E-state index contributed by atoms with van der Waals surface area (Å²) in [7, 11) is 0. The summed E-state index contributed by atoms with van der Waals surface area (Å²) < 4.78 is 6.21. The molecule has 6 heteroatoms. The fourth-order valence-electron chi connectivity index (χ4n) is 6.51. The van der Waals surface area contributed by atoms with E-state index in [2.05, 4.69) is 6.07 Å². The summed E-state index contributed by atoms with van der Waals surface area (Å²) >= 11 is 0. The molecule has 0 radical (unpaired) electrons. The third-order valence-electron chi connectivity index (χ3n) is 8.41. The van der Waals surface area contributed by atoms with Gasteiger partial charge in [-0.05, 0) is 62.5 Å². The van der Waals surface area contributed by atoms with Gasteiger partial charge in [0.1, 0.15) is 16.9 Å². The molecule has 0 aliphatic rings. The second kappa shape index (κ2) is 9.44. The third kappa shape index (κ3) is 3.55. The van der Waals surface area contributed by atoms with Crippen LogP contribution >= 0.6 is 0 Å². The van der Waals surface area contributed by atoms with Crippen LogP contribution in [0.5, 0.6) is 28.7 Å². The lowest BCUT2D eigenvalue weighted by Gasteiger charge is -2.21. The number of aromatic hydroxyl groups is 5. The fraction of sp³-hybridized carbons (Fsp3) is 0. The Morgan fingerprint density at radius 3 is 1.43 bits per heavy atom. The number of phenols is 5. The molecule has 6 nitrogen and oxygen atoms in total. The van der Waals surface area contributed by atoms with Gasteiger partial charge in [0.25, 0.3) is 0 Å². The molecule has 7 aromatic carbocycles. The number of fused-ring (bicyclic) bond motifs is 5. The summed E-state index contributed by atoms with van der Waals surface area (Å²) in [5.74, 6) is -2.33. The van der Waals surface area contributed by atoms with E-state index in [1.54, 1.807) is 0 Å². The van der Waals surface area contributed by atoms with Gasteiger partial charge in [0.15, 0.2) is 23.0 Å². The topological polar surface area (TPSA) is 114 Å². The Morgan fingerprint density at radius 2 is 0.841 bits per heavy atom. The van der Waals surface area contributed by atoms with Gasteiger partial charge in [-0.15, -0.1) is 0 Å². The van der Waals surface area contributed by atoms with Gasteiger partial charge in [0, 0.05) is 16.3 Å². The van der Waals surface area contributed by atoms with Crippen LogP contribution in [0.3, 0.4) is 0 Å². The van der Waals surface area contributed by atoms with Crippen LogP contribution < -0.4 is 0 Å². The number of rotatable bonds is 3. The number of hydrogen-bond acceptors (Lipinski definition) is 6. The molecule has 5 N–H and O–H groups in total. The van der Waals surface area contributed by atoms with E-state index in [1.165, 1.54) is 24.3 Å². The van der Waals surface area contributed by atoms with E-state index >= 15 is 0 Å². The van der Waals surface area contributed by atoms with Crippen molar-refractivity contribution < 1.29 is 29.9 Å². The van der Waals surface area contributed by atoms with E-state index in [9.17, 15) is 25.5 Å². The Labute approximate surface area is 250 Å². The van der Waals surface area contributed by atoms with Gasteiger partial charge in [-0.2, -0.15) is 0 Å². The van der Waals surface area contributed by atoms with Crippen molar-refractivity contribution in [2.24, 2.45) is 0 Å². The second-order valence-corrected chi connectivity index (χ2v) is 10.8.